The van der Waals surface area contributed by atoms with Gasteiger partial charge in [0.15, 0.2) is 0 Å². The molecule has 0 saturated heterocycles. The fourth-order valence-electron chi connectivity index (χ4n) is 3.88. The smallest absolute Gasteiger partial charge is 0.251 e. The van der Waals surface area contributed by atoms with E-state index in [1.165, 1.54) is 30.4 Å². The molecule has 0 bridgehead atoms. The number of fused-ring (bicyclic) bond motifs is 2. The molecule has 1 amide bonds. The van der Waals surface area contributed by atoms with Crippen LogP contribution in [-0.2, 0) is 6.42 Å². The van der Waals surface area contributed by atoms with Gasteiger partial charge < -0.3 is 10.3 Å². The number of aromatic amines is 1. The zero-order chi connectivity index (χ0) is 17.1. The molecule has 1 heterocycles. The second kappa shape index (κ2) is 7.09. The molecule has 0 radical (unpaired) electrons. The van der Waals surface area contributed by atoms with Crippen molar-refractivity contribution >= 4 is 16.9 Å². The maximum atomic E-state index is 12.3. The molecule has 0 spiro atoms. The molecule has 2 aromatic carbocycles. The Morgan fingerprint density at radius 1 is 1.28 bits per heavy atom. The molecule has 1 aliphatic carbocycles. The highest BCUT2D eigenvalue weighted by molar-refractivity contribution is 5.97. The van der Waals surface area contributed by atoms with Crippen LogP contribution < -0.4 is 5.32 Å². The number of imidazole rings is 1. The highest BCUT2D eigenvalue weighted by atomic mass is 16.1. The Kier molecular flexibility index (Phi) is 4.51. The van der Waals surface area contributed by atoms with E-state index in [2.05, 4.69) is 39.6 Å². The van der Waals surface area contributed by atoms with Crippen molar-refractivity contribution in [3.05, 3.63) is 65.5 Å². The number of nitrogens with zero attached hydrogens (tertiary/aromatic N) is 1. The predicted octanol–water partition coefficient (Wildman–Crippen LogP) is 4.44. The summed E-state index contributed by atoms with van der Waals surface area (Å²) >= 11 is 0. The molecule has 25 heavy (non-hydrogen) atoms. The summed E-state index contributed by atoms with van der Waals surface area (Å²) in [5.74, 6) is 0.628. The maximum Gasteiger partial charge on any atom is 0.251 e. The second-order valence-electron chi connectivity index (χ2n) is 6.82. The minimum atomic E-state index is -0.0134. The van der Waals surface area contributed by atoms with Gasteiger partial charge in [-0.3, -0.25) is 4.79 Å². The normalized spacial score (nSPS) is 16.6. The summed E-state index contributed by atoms with van der Waals surface area (Å²) in [5.41, 5.74) is 5.49. The van der Waals surface area contributed by atoms with Crippen LogP contribution in [0.4, 0.5) is 0 Å². The van der Waals surface area contributed by atoms with Gasteiger partial charge in [0.1, 0.15) is 0 Å². The van der Waals surface area contributed by atoms with E-state index in [1.54, 1.807) is 6.33 Å². The molecular formula is C21H25N3O. The number of amides is 1. The predicted molar refractivity (Wildman–Crippen MR) is 102 cm³/mol. The quantitative estimate of drug-likeness (QED) is 0.677. The summed E-state index contributed by atoms with van der Waals surface area (Å²) in [7, 11) is 0. The van der Waals surface area contributed by atoms with Crippen LogP contribution in [0.5, 0.6) is 0 Å². The van der Waals surface area contributed by atoms with E-state index in [9.17, 15) is 4.79 Å². The first-order valence-corrected chi connectivity index (χ1v) is 9.10. The number of H-pyrrole nitrogens is 1. The topological polar surface area (TPSA) is 57.8 Å². The third-order valence-corrected chi connectivity index (χ3v) is 5.19. The third kappa shape index (κ3) is 3.43. The van der Waals surface area contributed by atoms with E-state index < -0.39 is 0 Å². The number of carbonyl (C=O) groups is 1. The molecule has 0 fully saturated rings. The number of hydrogen-bond donors (Lipinski definition) is 2. The second-order valence-corrected chi connectivity index (χ2v) is 6.82. The molecule has 0 aliphatic heterocycles. The zero-order valence-electron chi connectivity index (χ0n) is 14.3. The Morgan fingerprint density at radius 2 is 2.20 bits per heavy atom. The van der Waals surface area contributed by atoms with E-state index in [1.807, 2.05) is 18.2 Å². The molecule has 1 atom stereocenters. The standard InChI is InChI=1S/C21H23N3O.H2/c25-21(17-10-11-19-20(13-17)24-14-23-19)22-12-4-8-16-7-3-6-15-5-1-2-9-18(15)16;/h1-2,5,9-11,13-14,16H,3-4,6-8,12H2,(H,22,25)(H,23,24);1H. The third-order valence-electron chi connectivity index (χ3n) is 5.19. The van der Waals surface area contributed by atoms with E-state index in [4.69, 9.17) is 0 Å². The largest absolute Gasteiger partial charge is 0.352 e. The molecule has 4 nitrogen and oxygen atoms in total. The first-order valence-electron chi connectivity index (χ1n) is 9.10. The molecule has 1 aliphatic rings. The first-order chi connectivity index (χ1) is 12.3. The van der Waals surface area contributed by atoms with Gasteiger partial charge in [-0.15, -0.1) is 0 Å². The van der Waals surface area contributed by atoms with Crippen LogP contribution in [-0.4, -0.2) is 22.4 Å². The Hall–Kier alpha value is -2.62. The van der Waals surface area contributed by atoms with E-state index in [-0.39, 0.29) is 7.33 Å². The maximum absolute atomic E-state index is 12.3. The fraction of sp³-hybridized carbons (Fsp3) is 0.333. The Morgan fingerprint density at radius 3 is 3.16 bits per heavy atom. The molecule has 1 aromatic heterocycles. The van der Waals surface area contributed by atoms with Gasteiger partial charge in [-0.05, 0) is 67.3 Å². The summed E-state index contributed by atoms with van der Waals surface area (Å²) in [5, 5.41) is 3.05. The highest BCUT2D eigenvalue weighted by Crippen LogP contribution is 2.34. The van der Waals surface area contributed by atoms with Gasteiger partial charge >= 0.3 is 0 Å². The lowest BCUT2D eigenvalue weighted by atomic mass is 9.80. The van der Waals surface area contributed by atoms with Crippen molar-refractivity contribution in [2.24, 2.45) is 0 Å². The number of hydrogen-bond acceptors (Lipinski definition) is 2. The lowest BCUT2D eigenvalue weighted by Crippen LogP contribution is -2.25. The Balaban J connectivity index is 0.00000196. The first kappa shape index (κ1) is 15.9. The van der Waals surface area contributed by atoms with E-state index in [0.717, 1.165) is 30.4 Å². The van der Waals surface area contributed by atoms with E-state index >= 15 is 0 Å². The van der Waals surface area contributed by atoms with Crippen molar-refractivity contribution in [1.29, 1.82) is 0 Å². The van der Waals surface area contributed by atoms with Gasteiger partial charge in [-0.2, -0.15) is 0 Å². The van der Waals surface area contributed by atoms with Crippen LogP contribution in [0.25, 0.3) is 11.0 Å². The highest BCUT2D eigenvalue weighted by Gasteiger charge is 2.19. The van der Waals surface area contributed by atoms with Crippen LogP contribution in [0.2, 0.25) is 0 Å². The van der Waals surface area contributed by atoms with Crippen molar-refractivity contribution in [3.63, 3.8) is 0 Å². The van der Waals surface area contributed by atoms with Crippen LogP contribution in [0, 0.1) is 0 Å². The summed E-state index contributed by atoms with van der Waals surface area (Å²) in [4.78, 5) is 19.5. The monoisotopic (exact) mass is 335 g/mol. The van der Waals surface area contributed by atoms with Crippen LogP contribution in [0.15, 0.2) is 48.8 Å². The molecular weight excluding hydrogens is 310 g/mol. The van der Waals surface area contributed by atoms with Crippen molar-refractivity contribution in [1.82, 2.24) is 15.3 Å². The number of nitrogens with one attached hydrogen (secondary N) is 2. The van der Waals surface area contributed by atoms with Gasteiger partial charge in [0.05, 0.1) is 17.4 Å². The number of benzene rings is 2. The summed E-state index contributed by atoms with van der Waals surface area (Å²) < 4.78 is 0. The molecule has 4 heteroatoms. The zero-order valence-corrected chi connectivity index (χ0v) is 14.3. The van der Waals surface area contributed by atoms with Crippen LogP contribution in [0.3, 0.4) is 0 Å². The van der Waals surface area contributed by atoms with Crippen LogP contribution >= 0.6 is 0 Å². The Labute approximate surface area is 149 Å². The van der Waals surface area contributed by atoms with Gasteiger partial charge in [0, 0.05) is 13.5 Å². The fourth-order valence-corrected chi connectivity index (χ4v) is 3.88. The summed E-state index contributed by atoms with van der Waals surface area (Å²) in [6.45, 7) is 0.721. The Bertz CT molecular complexity index is 890. The van der Waals surface area contributed by atoms with Gasteiger partial charge in [0.25, 0.3) is 5.91 Å². The number of rotatable bonds is 5. The summed E-state index contributed by atoms with van der Waals surface area (Å²) in [6.07, 6.45) is 7.54. The number of carbonyl (C=O) groups excluding carboxylic acids is 1. The van der Waals surface area contributed by atoms with Crippen molar-refractivity contribution in [2.45, 2.75) is 38.0 Å². The van der Waals surface area contributed by atoms with Gasteiger partial charge in [-0.25, -0.2) is 4.98 Å². The molecule has 0 saturated carbocycles. The van der Waals surface area contributed by atoms with Crippen molar-refractivity contribution in [2.75, 3.05) is 6.54 Å². The lowest BCUT2D eigenvalue weighted by Gasteiger charge is -2.25. The van der Waals surface area contributed by atoms with Gasteiger partial charge in [-0.1, -0.05) is 24.3 Å². The number of aryl methyl sites for hydroxylation is 1. The number of aromatic nitrogens is 2. The van der Waals surface area contributed by atoms with E-state index in [0.29, 0.717) is 11.5 Å². The summed E-state index contributed by atoms with van der Waals surface area (Å²) in [6, 6.07) is 14.4. The van der Waals surface area contributed by atoms with Crippen molar-refractivity contribution in [3.8, 4) is 0 Å². The molecule has 4 rings (SSSR count). The van der Waals surface area contributed by atoms with Crippen LogP contribution in [0.1, 0.15) is 54.5 Å². The molecule has 1 unspecified atom stereocenters. The SMILES string of the molecule is O=C(NCCCC1CCCc2ccccc21)c1ccc2nc[nH]c2c1.[HH]. The molecule has 2 N–H and O–H groups in total. The molecule has 3 aromatic rings. The van der Waals surface area contributed by atoms with Gasteiger partial charge in [0.2, 0.25) is 0 Å². The average Bonchev–Trinajstić information content (AvgIpc) is 3.13. The minimum Gasteiger partial charge on any atom is -0.352 e. The minimum absolute atomic E-state index is 0. The average molecular weight is 335 g/mol. The lowest BCUT2D eigenvalue weighted by molar-refractivity contribution is 0.0953. The van der Waals surface area contributed by atoms with Crippen molar-refractivity contribution < 1.29 is 6.22 Å². The molecule has 130 valence electrons.